The Morgan fingerprint density at radius 3 is 3.04 bits per heavy atom. The number of hydrazone groups is 1. The summed E-state index contributed by atoms with van der Waals surface area (Å²) >= 11 is 2.94. The first-order chi connectivity index (χ1) is 12.2. The predicted molar refractivity (Wildman–Crippen MR) is 101 cm³/mol. The van der Waals surface area contributed by atoms with E-state index in [4.69, 9.17) is 4.74 Å². The van der Waals surface area contributed by atoms with E-state index in [1.807, 2.05) is 24.3 Å². The maximum absolute atomic E-state index is 11.9. The van der Waals surface area contributed by atoms with Crippen molar-refractivity contribution in [1.82, 2.24) is 10.4 Å². The van der Waals surface area contributed by atoms with Crippen molar-refractivity contribution in [1.29, 1.82) is 0 Å². The fourth-order valence-electron chi connectivity index (χ4n) is 2.03. The first-order valence-electron chi connectivity index (χ1n) is 7.33. The standard InChI is InChI=1S/C17H15N3O3S2/c1-23-14-8-11(6-7-13(14)21)9-18-20-16(22)10-24-17-19-12-4-2-3-5-15(12)25-17/h2-9,21H,10H2,1H3,(H,20,22)/b18-9+. The second-order valence-electron chi connectivity index (χ2n) is 4.96. The molecule has 0 bridgehead atoms. The third kappa shape index (κ3) is 4.49. The molecule has 1 amide bonds. The van der Waals surface area contributed by atoms with Crippen LogP contribution in [-0.2, 0) is 4.79 Å². The second-order valence-corrected chi connectivity index (χ2v) is 7.21. The van der Waals surface area contributed by atoms with Crippen molar-refractivity contribution in [3.05, 3.63) is 48.0 Å². The molecule has 0 spiro atoms. The highest BCUT2D eigenvalue weighted by molar-refractivity contribution is 8.01. The normalized spacial score (nSPS) is 11.1. The lowest BCUT2D eigenvalue weighted by atomic mass is 10.2. The molecular formula is C17H15N3O3S2. The minimum Gasteiger partial charge on any atom is -0.504 e. The van der Waals surface area contributed by atoms with Gasteiger partial charge in [0.1, 0.15) is 0 Å². The number of fused-ring (bicyclic) bond motifs is 1. The van der Waals surface area contributed by atoms with Gasteiger partial charge in [0.25, 0.3) is 5.91 Å². The predicted octanol–water partition coefficient (Wildman–Crippen LogP) is 3.25. The largest absolute Gasteiger partial charge is 0.504 e. The highest BCUT2D eigenvalue weighted by Crippen LogP contribution is 2.29. The first kappa shape index (κ1) is 17.2. The number of aromatic nitrogens is 1. The Kier molecular flexibility index (Phi) is 5.52. The van der Waals surface area contributed by atoms with Gasteiger partial charge in [-0.15, -0.1) is 11.3 Å². The minimum absolute atomic E-state index is 0.0518. The summed E-state index contributed by atoms with van der Waals surface area (Å²) in [6.45, 7) is 0. The lowest BCUT2D eigenvalue weighted by molar-refractivity contribution is -0.118. The van der Waals surface area contributed by atoms with Crippen LogP contribution in [0.25, 0.3) is 10.2 Å². The number of thioether (sulfide) groups is 1. The maximum Gasteiger partial charge on any atom is 0.250 e. The summed E-state index contributed by atoms with van der Waals surface area (Å²) in [6, 6.07) is 12.7. The van der Waals surface area contributed by atoms with Gasteiger partial charge in [0, 0.05) is 0 Å². The molecular weight excluding hydrogens is 358 g/mol. The van der Waals surface area contributed by atoms with Gasteiger partial charge in [0.2, 0.25) is 0 Å². The highest BCUT2D eigenvalue weighted by Gasteiger charge is 2.07. The molecule has 25 heavy (non-hydrogen) atoms. The van der Waals surface area contributed by atoms with Gasteiger partial charge in [-0.25, -0.2) is 10.4 Å². The van der Waals surface area contributed by atoms with Gasteiger partial charge in [-0.1, -0.05) is 23.9 Å². The van der Waals surface area contributed by atoms with E-state index < -0.39 is 0 Å². The molecule has 2 N–H and O–H groups in total. The molecule has 6 nitrogen and oxygen atoms in total. The molecule has 0 aliphatic rings. The number of para-hydroxylation sites is 1. The van der Waals surface area contributed by atoms with Crippen molar-refractivity contribution in [2.24, 2.45) is 5.10 Å². The van der Waals surface area contributed by atoms with Gasteiger partial charge in [-0.3, -0.25) is 4.79 Å². The number of hydrogen-bond acceptors (Lipinski definition) is 7. The average Bonchev–Trinajstić information content (AvgIpc) is 3.04. The van der Waals surface area contributed by atoms with Crippen LogP contribution in [0.5, 0.6) is 11.5 Å². The van der Waals surface area contributed by atoms with Crippen LogP contribution < -0.4 is 10.2 Å². The van der Waals surface area contributed by atoms with Crippen molar-refractivity contribution in [2.75, 3.05) is 12.9 Å². The number of hydrogen-bond donors (Lipinski definition) is 2. The Labute approximate surface area is 152 Å². The number of thiazole rings is 1. The summed E-state index contributed by atoms with van der Waals surface area (Å²) in [7, 11) is 1.47. The van der Waals surface area contributed by atoms with Crippen molar-refractivity contribution in [2.45, 2.75) is 4.34 Å². The molecule has 8 heteroatoms. The topological polar surface area (TPSA) is 83.8 Å². The molecule has 1 heterocycles. The molecule has 1 aromatic heterocycles. The number of carbonyl (C=O) groups is 1. The number of phenolic OH excluding ortho intramolecular Hbond substituents is 1. The number of amides is 1. The van der Waals surface area contributed by atoms with Crippen LogP contribution >= 0.6 is 23.1 Å². The summed E-state index contributed by atoms with van der Waals surface area (Å²) in [5.74, 6) is 0.416. The Balaban J connectivity index is 1.52. The number of methoxy groups -OCH3 is 1. The lowest BCUT2D eigenvalue weighted by Gasteiger charge is -2.03. The third-order valence-corrected chi connectivity index (χ3v) is 5.39. The number of aromatic hydroxyl groups is 1. The number of benzene rings is 2. The summed E-state index contributed by atoms with van der Waals surface area (Å²) in [5.41, 5.74) is 4.11. The SMILES string of the molecule is COc1cc(/C=N/NC(=O)CSc2nc3ccccc3s2)ccc1O. The van der Waals surface area contributed by atoms with E-state index in [0.717, 1.165) is 14.6 Å². The molecule has 0 unspecified atom stereocenters. The molecule has 0 aliphatic heterocycles. The van der Waals surface area contributed by atoms with E-state index >= 15 is 0 Å². The van der Waals surface area contributed by atoms with Crippen LogP contribution in [0.15, 0.2) is 51.9 Å². The fraction of sp³-hybridized carbons (Fsp3) is 0.118. The van der Waals surface area contributed by atoms with E-state index in [-0.39, 0.29) is 17.4 Å². The number of nitrogens with one attached hydrogen (secondary N) is 1. The second kappa shape index (κ2) is 8.00. The van der Waals surface area contributed by atoms with Crippen molar-refractivity contribution in [3.63, 3.8) is 0 Å². The monoisotopic (exact) mass is 373 g/mol. The molecule has 0 radical (unpaired) electrons. The van der Waals surface area contributed by atoms with E-state index in [1.54, 1.807) is 23.5 Å². The van der Waals surface area contributed by atoms with Gasteiger partial charge in [0.15, 0.2) is 15.8 Å². The average molecular weight is 373 g/mol. The summed E-state index contributed by atoms with van der Waals surface area (Å²) in [6.07, 6.45) is 1.49. The maximum atomic E-state index is 11.9. The van der Waals surface area contributed by atoms with Gasteiger partial charge < -0.3 is 9.84 Å². The van der Waals surface area contributed by atoms with E-state index in [9.17, 15) is 9.90 Å². The fourth-order valence-corrected chi connectivity index (χ4v) is 3.89. The number of carbonyl (C=O) groups excluding carboxylic acids is 1. The van der Waals surface area contributed by atoms with Crippen molar-refractivity contribution < 1.29 is 14.6 Å². The summed E-state index contributed by atoms with van der Waals surface area (Å²) < 4.78 is 6.97. The van der Waals surface area contributed by atoms with E-state index in [2.05, 4.69) is 15.5 Å². The highest BCUT2D eigenvalue weighted by atomic mass is 32.2. The van der Waals surface area contributed by atoms with Crippen LogP contribution in [0.2, 0.25) is 0 Å². The molecule has 3 aromatic rings. The molecule has 3 rings (SSSR count). The van der Waals surface area contributed by atoms with Crippen molar-refractivity contribution in [3.8, 4) is 11.5 Å². The number of ether oxygens (including phenoxy) is 1. The molecule has 128 valence electrons. The van der Waals surface area contributed by atoms with Gasteiger partial charge in [-0.2, -0.15) is 5.10 Å². The first-order valence-corrected chi connectivity index (χ1v) is 9.13. The number of rotatable bonds is 6. The summed E-state index contributed by atoms with van der Waals surface area (Å²) in [5, 5.41) is 13.4. The van der Waals surface area contributed by atoms with Crippen molar-refractivity contribution >= 4 is 45.4 Å². The molecule has 0 fully saturated rings. The molecule has 0 atom stereocenters. The Bertz CT molecular complexity index is 891. The molecule has 0 saturated carbocycles. The zero-order valence-corrected chi connectivity index (χ0v) is 14.9. The van der Waals surface area contributed by atoms with E-state index in [1.165, 1.54) is 31.2 Å². The zero-order valence-electron chi connectivity index (χ0n) is 13.3. The van der Waals surface area contributed by atoms with Gasteiger partial charge in [-0.05, 0) is 35.9 Å². The molecule has 2 aromatic carbocycles. The lowest BCUT2D eigenvalue weighted by Crippen LogP contribution is -2.19. The van der Waals surface area contributed by atoms with E-state index in [0.29, 0.717) is 11.3 Å². The number of nitrogens with zero attached hydrogens (tertiary/aromatic N) is 2. The molecule has 0 saturated heterocycles. The molecule has 0 aliphatic carbocycles. The van der Waals surface area contributed by atoms with Crippen LogP contribution in [-0.4, -0.2) is 35.1 Å². The zero-order chi connectivity index (χ0) is 17.6. The van der Waals surface area contributed by atoms with Gasteiger partial charge >= 0.3 is 0 Å². The van der Waals surface area contributed by atoms with Gasteiger partial charge in [0.05, 0.1) is 29.3 Å². The quantitative estimate of drug-likeness (QED) is 0.394. The van der Waals surface area contributed by atoms with Crippen LogP contribution in [0.1, 0.15) is 5.56 Å². The van der Waals surface area contributed by atoms with Crippen LogP contribution in [0, 0.1) is 0 Å². The Morgan fingerprint density at radius 2 is 2.24 bits per heavy atom. The van der Waals surface area contributed by atoms with Crippen LogP contribution in [0.3, 0.4) is 0 Å². The minimum atomic E-state index is -0.216. The Morgan fingerprint density at radius 1 is 1.40 bits per heavy atom. The summed E-state index contributed by atoms with van der Waals surface area (Å²) in [4.78, 5) is 16.3. The number of phenols is 1. The van der Waals surface area contributed by atoms with Crippen LogP contribution in [0.4, 0.5) is 0 Å². The Hall–Kier alpha value is -2.58. The third-order valence-electron chi connectivity index (χ3n) is 3.21. The smallest absolute Gasteiger partial charge is 0.250 e.